The van der Waals surface area contributed by atoms with Gasteiger partial charge < -0.3 is 129 Å². The number of nitrogens with two attached hydrogens (primary N) is 2. The van der Waals surface area contributed by atoms with E-state index in [0.717, 1.165) is 32.1 Å². The molecule has 0 spiro atoms. The molecule has 39 heteroatoms. The predicted octanol–water partition coefficient (Wildman–Crippen LogP) is -2.37. The quantitative estimate of drug-likeness (QED) is 0.0341. The number of hydrogen-bond acceptors (Lipinski definition) is 27. The number of aliphatic carboxylic acids is 1. The number of ether oxygens (including phenoxy) is 5. The molecule has 2 saturated heterocycles. The Bertz CT molecular complexity index is 3710. The molecule has 0 aromatic heterocycles. The highest BCUT2D eigenvalue weighted by atomic mass is 35.5. The normalized spacial score (nSPS) is 39.4. The number of carbonyl (C=O) groups is 8. The smallest absolute Gasteiger partial charge is 0.326 e. The summed E-state index contributed by atoms with van der Waals surface area (Å²) < 4.78 is 62.4. The molecule has 11 bridgehead atoms. The van der Waals surface area contributed by atoms with Crippen LogP contribution in [0.5, 0.6) is 17.2 Å². The first-order valence-corrected chi connectivity index (χ1v) is 44.2. The maximum absolute atomic E-state index is 16.5. The van der Waals surface area contributed by atoms with E-state index in [2.05, 4.69) is 54.2 Å². The van der Waals surface area contributed by atoms with E-state index in [4.69, 9.17) is 58.4 Å². The van der Waals surface area contributed by atoms with E-state index in [1.165, 1.54) is 19.2 Å². The first-order valence-electron chi connectivity index (χ1n) is 41.6. The number of alkyl halides is 2. The van der Waals surface area contributed by atoms with Crippen LogP contribution in [0.4, 0.5) is 0 Å². The van der Waals surface area contributed by atoms with Gasteiger partial charge in [-0.1, -0.05) is 52.9 Å². The van der Waals surface area contributed by atoms with E-state index in [1.807, 2.05) is 13.8 Å². The van der Waals surface area contributed by atoms with Crippen molar-refractivity contribution < 1.29 is 122 Å². The van der Waals surface area contributed by atoms with Crippen LogP contribution >= 0.6 is 23.2 Å². The zero-order chi connectivity index (χ0) is 85.4. The van der Waals surface area contributed by atoms with Crippen molar-refractivity contribution in [3.8, 4) is 17.2 Å². The van der Waals surface area contributed by atoms with Crippen molar-refractivity contribution in [2.75, 3.05) is 39.0 Å². The van der Waals surface area contributed by atoms with Gasteiger partial charge in [0.05, 0.1) is 77.8 Å². The van der Waals surface area contributed by atoms with Crippen molar-refractivity contribution in [1.29, 1.82) is 0 Å². The average Bonchev–Trinajstić information content (AvgIpc) is 0.758. The van der Waals surface area contributed by atoms with Gasteiger partial charge in [0.1, 0.15) is 66.8 Å². The van der Waals surface area contributed by atoms with Crippen LogP contribution in [0, 0.1) is 53.3 Å². The average molecular weight is 1720 g/mol. The summed E-state index contributed by atoms with van der Waals surface area (Å²) in [5.41, 5.74) is 10.9. The topological polar surface area (TPSA) is 579 Å². The predicted molar refractivity (Wildman–Crippen MR) is 422 cm³/mol. The second-order valence-electron chi connectivity index (χ2n) is 34.8. The minimum absolute atomic E-state index is 0.0177. The number of benzene rings is 1. The van der Waals surface area contributed by atoms with Gasteiger partial charge >= 0.3 is 5.97 Å². The molecule has 12 rings (SSSR count). The Morgan fingerprint density at radius 1 is 0.709 bits per heavy atom. The van der Waals surface area contributed by atoms with Gasteiger partial charge in [-0.15, -0.1) is 23.2 Å². The highest BCUT2D eigenvalue weighted by Crippen LogP contribution is 2.51. The third-order valence-electron chi connectivity index (χ3n) is 25.7. The van der Waals surface area contributed by atoms with Gasteiger partial charge in [0.15, 0.2) is 17.8 Å². The van der Waals surface area contributed by atoms with Crippen molar-refractivity contribution in [2.45, 2.75) is 307 Å². The zero-order valence-corrected chi connectivity index (χ0v) is 69.6. The van der Waals surface area contributed by atoms with Crippen molar-refractivity contribution in [1.82, 2.24) is 47.3 Å². The standard InChI is InChI=1S/C78H125Cl2N11O25S/c1-7-8-9-10-11-12-21-117(110,111)85-20-19-84-32-43-49(94)29-42-57(66(43)99)41-23-36(13-16-48(41)93)58-73(104)91-62(76(107)89-60(42)77(108)109)64(97)38-15-18-51(45(80)25-38)114-53-27-39-26-52(68(53)115-54-28-40(33-92)65(98)67(100)69(54)116-56-31-78(5,82)70(101)35(4)112-56)113-50-17-14-37(24-44(50)79)63(96)61(90-71(102)46(83-6)22-34(2)3)75(106)86-47(30-55(81)95)72(103)87-59(39)74(105)88-58/h26-27,34-38,40-51,54,56-67,69-70,83-85,92-94,96-101H,7-25,28-33,82H2,1-6H3,(H2,81,95)(H,86,106)(H,87,103)(H,88,105)(H,89,107)(H,90,102)(H,91,104)(H,108,109)/t35-,36-,37-,38-,40+,41?,42?,43?,44+,45-,46+,47-,48+,49-,50+,51+,54+,56-,57?,58+,59+,60-,61+,62-,63+,64+,65+,66-,67-,69-,70+,78-/m0/s1. The number of unbranched alkanes of at least 4 members (excludes halogenated alkanes) is 5. The molecule has 11 aliphatic rings. The summed E-state index contributed by atoms with van der Waals surface area (Å²) in [6.07, 6.45) is -18.0. The molecular weight excluding hydrogens is 1590 g/mol. The number of rotatable bonds is 26. The summed E-state index contributed by atoms with van der Waals surface area (Å²) in [6.45, 7) is 7.99. The summed E-state index contributed by atoms with van der Waals surface area (Å²) in [5, 5.41) is 139. The molecule has 1 aromatic rings. The number of carbonyl (C=O) groups excluding carboxylic acids is 7. The number of hydrogen-bond donors (Lipinski definition) is 21. The minimum Gasteiger partial charge on any atom is -0.485 e. The second-order valence-corrected chi connectivity index (χ2v) is 37.8. The molecule has 23 N–H and O–H groups in total. The first-order chi connectivity index (χ1) is 55.3. The maximum atomic E-state index is 16.5. The fraction of sp³-hybridized carbons (Fsp3) is 0.821. The number of primary amides is 1. The van der Waals surface area contributed by atoms with Gasteiger partial charge in [-0.05, 0) is 163 Å². The third kappa shape index (κ3) is 22.8. The molecule has 4 unspecified atom stereocenters. The summed E-state index contributed by atoms with van der Waals surface area (Å²) in [7, 11) is -2.16. The van der Waals surface area contributed by atoms with Crippen LogP contribution in [0.3, 0.4) is 0 Å². The number of carboxylic acids is 1. The van der Waals surface area contributed by atoms with Crippen LogP contribution in [0.2, 0.25) is 0 Å². The molecule has 6 aliphatic heterocycles. The van der Waals surface area contributed by atoms with Gasteiger partial charge in [0, 0.05) is 50.0 Å². The molecule has 36 nitrogen and oxygen atoms in total. The largest absolute Gasteiger partial charge is 0.485 e. The monoisotopic (exact) mass is 1720 g/mol. The lowest BCUT2D eigenvalue weighted by atomic mass is 9.58. The highest BCUT2D eigenvalue weighted by Gasteiger charge is 2.57. The van der Waals surface area contributed by atoms with Crippen LogP contribution in [-0.2, 0) is 57.9 Å². The van der Waals surface area contributed by atoms with Crippen LogP contribution in [-0.4, -0.2) is 284 Å². The number of nitrogens with one attached hydrogen (secondary N) is 9. The van der Waals surface area contributed by atoms with Crippen molar-refractivity contribution in [3.05, 3.63) is 17.7 Å². The van der Waals surface area contributed by atoms with E-state index in [-0.39, 0.29) is 131 Å². The summed E-state index contributed by atoms with van der Waals surface area (Å²) in [6, 6.07) is -10.5. The Balaban J connectivity index is 1.11. The first kappa shape index (κ1) is 93.6. The van der Waals surface area contributed by atoms with E-state index in [9.17, 15) is 73.9 Å². The number of aliphatic hydroxyl groups is 9. The zero-order valence-electron chi connectivity index (χ0n) is 67.2. The number of aliphatic hydroxyl groups excluding tert-OH is 9. The Morgan fingerprint density at radius 3 is 1.94 bits per heavy atom. The van der Waals surface area contributed by atoms with Gasteiger partial charge in [0.2, 0.25) is 57.1 Å². The number of amides is 7. The SMILES string of the molecule is CCCCCCCCS(=O)(=O)NCCNCC1[C@H](O)C2C3C[C@H](CC[C@H]3O)[C@H]3NC(=O)[C@@H]4NC(=O)[C@H](CC(N)=O)NC(=O)[C@H](NC(=O)[C@@H](CC(C)C)NC)[C@H](O)[C@H]5CC[C@@H](Oc6cc4cc(c6O[C@@H]4C[C@H](CO)[C@@H](O)[C@H](O)[C@H]4O[C@H]4C[C@](C)(N)[C@H](O)[C@H](C)O4)O[C@@H]4CC[C@@H](C[C@@H]4Cl)[C@@H](O)[C@H](NC3=O)C(=O)N[C@H](C(=O)O)C2C[C@@H]1O)[C@H](Cl)C5. The molecule has 662 valence electrons. The summed E-state index contributed by atoms with van der Waals surface area (Å²) >= 11 is 14.9. The van der Waals surface area contributed by atoms with Crippen molar-refractivity contribution >= 4 is 80.5 Å². The van der Waals surface area contributed by atoms with Gasteiger partial charge in [-0.2, -0.15) is 0 Å². The molecule has 117 heavy (non-hydrogen) atoms. The van der Waals surface area contributed by atoms with Crippen LogP contribution < -0.4 is 72.9 Å². The molecule has 1 aromatic carbocycles. The fourth-order valence-corrected chi connectivity index (χ4v) is 21.1. The lowest BCUT2D eigenvalue weighted by Crippen LogP contribution is -2.66. The third-order valence-corrected chi connectivity index (χ3v) is 28.1. The van der Waals surface area contributed by atoms with Gasteiger partial charge in [-0.3, -0.25) is 33.6 Å². The van der Waals surface area contributed by atoms with E-state index in [1.54, 1.807) is 13.8 Å². The molecular formula is C78H125Cl2N11O25S. The lowest BCUT2D eigenvalue weighted by molar-refractivity contribution is -0.286. The van der Waals surface area contributed by atoms with E-state index >= 15 is 24.0 Å². The number of fused-ring (bicyclic) bond motifs is 15. The molecule has 5 aliphatic carbocycles. The summed E-state index contributed by atoms with van der Waals surface area (Å²) in [4.78, 5) is 120. The van der Waals surface area contributed by atoms with Gasteiger partial charge in [0.25, 0.3) is 0 Å². The summed E-state index contributed by atoms with van der Waals surface area (Å²) in [5.74, 6) is -20.2. The number of likely N-dealkylation sites (N-methyl/N-ethyl adjacent to an activating group) is 1. The Hall–Kier alpha value is -5.69. The molecule has 7 fully saturated rings. The Labute approximate surface area is 691 Å². The van der Waals surface area contributed by atoms with Crippen molar-refractivity contribution in [2.24, 2.45) is 64.7 Å². The molecule has 7 amide bonds. The number of halogens is 2. The van der Waals surface area contributed by atoms with Crippen LogP contribution in [0.1, 0.15) is 175 Å². The van der Waals surface area contributed by atoms with Crippen LogP contribution in [0.25, 0.3) is 0 Å². The molecule has 5 saturated carbocycles. The molecule has 6 heterocycles. The minimum atomic E-state index is -3.68. The molecule has 0 radical (unpaired) electrons. The number of carboxylic acid groups (broad SMARTS) is 1. The Kier molecular flexibility index (Phi) is 32.8. The lowest BCUT2D eigenvalue weighted by Gasteiger charge is -2.51. The van der Waals surface area contributed by atoms with Crippen molar-refractivity contribution in [3.63, 3.8) is 0 Å². The fourth-order valence-electron chi connectivity index (χ4n) is 19.2. The number of sulfonamides is 1. The highest BCUT2D eigenvalue weighted by molar-refractivity contribution is 7.89. The van der Waals surface area contributed by atoms with Crippen LogP contribution in [0.15, 0.2) is 12.1 Å². The maximum Gasteiger partial charge on any atom is 0.326 e. The molecule has 32 atom stereocenters. The van der Waals surface area contributed by atoms with Gasteiger partial charge in [-0.25, -0.2) is 17.9 Å². The van der Waals surface area contributed by atoms with E-state index < -0.39 is 268 Å². The second kappa shape index (κ2) is 41.0. The van der Waals surface area contributed by atoms with E-state index in [0.29, 0.717) is 6.42 Å². The Morgan fingerprint density at radius 2 is 1.33 bits per heavy atom.